The minimum atomic E-state index is -4.48. The lowest BCUT2D eigenvalue weighted by Gasteiger charge is -2.11. The van der Waals surface area contributed by atoms with Crippen molar-refractivity contribution in [2.45, 2.75) is 13.1 Å². The Bertz CT molecular complexity index is 448. The highest BCUT2D eigenvalue weighted by molar-refractivity contribution is 5.91. The van der Waals surface area contributed by atoms with Crippen LogP contribution >= 0.6 is 0 Å². The Kier molecular flexibility index (Phi) is 3.93. The zero-order valence-corrected chi connectivity index (χ0v) is 9.34. The van der Waals surface area contributed by atoms with Gasteiger partial charge in [-0.3, -0.25) is 4.79 Å². The molecular formula is C12H11F3O2. The molecule has 0 saturated heterocycles. The molecule has 1 aromatic rings. The van der Waals surface area contributed by atoms with E-state index in [4.69, 9.17) is 4.74 Å². The maximum atomic E-state index is 12.7. The van der Waals surface area contributed by atoms with Gasteiger partial charge in [-0.1, -0.05) is 12.1 Å². The predicted octanol–water partition coefficient (Wildman–Crippen LogP) is 3.32. The van der Waals surface area contributed by atoms with E-state index in [0.717, 1.165) is 18.2 Å². The van der Waals surface area contributed by atoms with Crippen LogP contribution in [0.15, 0.2) is 24.3 Å². The number of ether oxygens (including phenoxy) is 1. The number of benzene rings is 1. The molecule has 1 aromatic carbocycles. The van der Waals surface area contributed by atoms with E-state index < -0.39 is 11.7 Å². The van der Waals surface area contributed by atoms with Crippen LogP contribution in [0.3, 0.4) is 0 Å². The van der Waals surface area contributed by atoms with Crippen molar-refractivity contribution in [3.8, 4) is 5.75 Å². The van der Waals surface area contributed by atoms with Crippen molar-refractivity contribution in [2.75, 3.05) is 7.11 Å². The zero-order chi connectivity index (χ0) is 13.1. The third kappa shape index (κ3) is 3.62. The molecule has 2 nitrogen and oxygen atoms in total. The van der Waals surface area contributed by atoms with Gasteiger partial charge in [0.25, 0.3) is 0 Å². The lowest BCUT2D eigenvalue weighted by Crippen LogP contribution is -2.07. The number of allylic oxidation sites excluding steroid dienone is 1. The number of halogens is 3. The van der Waals surface area contributed by atoms with Crippen LogP contribution < -0.4 is 4.74 Å². The van der Waals surface area contributed by atoms with Gasteiger partial charge in [0.05, 0.1) is 12.7 Å². The molecule has 0 unspecified atom stereocenters. The van der Waals surface area contributed by atoms with Crippen LogP contribution in [-0.4, -0.2) is 12.9 Å². The predicted molar refractivity (Wildman–Crippen MR) is 57.7 cm³/mol. The van der Waals surface area contributed by atoms with Crippen molar-refractivity contribution in [2.24, 2.45) is 0 Å². The quantitative estimate of drug-likeness (QED) is 0.762. The van der Waals surface area contributed by atoms with Crippen molar-refractivity contribution in [3.05, 3.63) is 35.4 Å². The molecule has 17 heavy (non-hydrogen) atoms. The molecule has 0 saturated carbocycles. The maximum absolute atomic E-state index is 12.7. The molecule has 1 rings (SSSR count). The molecule has 92 valence electrons. The number of rotatable bonds is 3. The smallest absolute Gasteiger partial charge is 0.417 e. The van der Waals surface area contributed by atoms with Crippen molar-refractivity contribution < 1.29 is 22.7 Å². The Hall–Kier alpha value is -1.78. The lowest BCUT2D eigenvalue weighted by atomic mass is 10.1. The fourth-order valence-corrected chi connectivity index (χ4v) is 1.26. The molecule has 0 aliphatic heterocycles. The first-order valence-corrected chi connectivity index (χ1v) is 4.78. The van der Waals surface area contributed by atoms with Gasteiger partial charge in [0.1, 0.15) is 5.75 Å². The summed E-state index contributed by atoms with van der Waals surface area (Å²) >= 11 is 0. The molecule has 0 N–H and O–H groups in total. The lowest BCUT2D eigenvalue weighted by molar-refractivity contribution is -0.137. The molecule has 0 aromatic heterocycles. The number of carbonyl (C=O) groups is 1. The molecule has 0 amide bonds. The second kappa shape index (κ2) is 5.03. The van der Waals surface area contributed by atoms with Crippen LogP contribution in [-0.2, 0) is 11.0 Å². The first-order valence-electron chi connectivity index (χ1n) is 4.78. The number of ketones is 1. The molecule has 0 spiro atoms. The van der Waals surface area contributed by atoms with E-state index in [-0.39, 0.29) is 17.1 Å². The third-order valence-corrected chi connectivity index (χ3v) is 2.06. The highest BCUT2D eigenvalue weighted by Crippen LogP contribution is 2.34. The van der Waals surface area contributed by atoms with E-state index >= 15 is 0 Å². The largest absolute Gasteiger partial charge is 0.497 e. The van der Waals surface area contributed by atoms with Gasteiger partial charge in [0.15, 0.2) is 5.78 Å². The number of alkyl halides is 3. The van der Waals surface area contributed by atoms with E-state index in [0.29, 0.717) is 0 Å². The van der Waals surface area contributed by atoms with E-state index in [9.17, 15) is 18.0 Å². The summed E-state index contributed by atoms with van der Waals surface area (Å²) in [4.78, 5) is 10.7. The molecule has 0 atom stereocenters. The molecular weight excluding hydrogens is 233 g/mol. The number of methoxy groups -OCH3 is 1. The van der Waals surface area contributed by atoms with Gasteiger partial charge >= 0.3 is 6.18 Å². The molecule has 5 heteroatoms. The summed E-state index contributed by atoms with van der Waals surface area (Å²) < 4.78 is 42.9. The van der Waals surface area contributed by atoms with Crippen molar-refractivity contribution in [3.63, 3.8) is 0 Å². The minimum absolute atomic E-state index is 0.0616. The summed E-state index contributed by atoms with van der Waals surface area (Å²) in [6.07, 6.45) is -2.24. The van der Waals surface area contributed by atoms with E-state index in [1.807, 2.05) is 0 Å². The highest BCUT2D eigenvalue weighted by Gasteiger charge is 2.33. The van der Waals surface area contributed by atoms with Crippen molar-refractivity contribution >= 4 is 11.9 Å². The molecule has 0 aliphatic rings. The minimum Gasteiger partial charge on any atom is -0.497 e. The van der Waals surface area contributed by atoms with Gasteiger partial charge in [-0.2, -0.15) is 13.2 Å². The van der Waals surface area contributed by atoms with Crippen LogP contribution in [0, 0.1) is 0 Å². The van der Waals surface area contributed by atoms with Gasteiger partial charge in [-0.25, -0.2) is 0 Å². The summed E-state index contributed by atoms with van der Waals surface area (Å²) in [5, 5.41) is 0. The standard InChI is InChI=1S/C12H11F3O2/c1-8(16)3-4-9-5-6-10(17-2)7-11(9)12(13,14)15/h3-7H,1-2H3/b4-3+. The molecule has 0 bridgehead atoms. The van der Waals surface area contributed by atoms with Crippen LogP contribution in [0.5, 0.6) is 5.75 Å². The Morgan fingerprint density at radius 1 is 1.35 bits per heavy atom. The molecule has 0 heterocycles. The van der Waals surface area contributed by atoms with E-state index in [1.54, 1.807) is 0 Å². The molecule has 0 fully saturated rings. The number of hydrogen-bond donors (Lipinski definition) is 0. The summed E-state index contributed by atoms with van der Waals surface area (Å²) in [5.41, 5.74) is -0.886. The fraction of sp³-hybridized carbons (Fsp3) is 0.250. The summed E-state index contributed by atoms with van der Waals surface area (Å²) in [6.45, 7) is 1.27. The van der Waals surface area contributed by atoms with Crippen molar-refractivity contribution in [1.29, 1.82) is 0 Å². The fourth-order valence-electron chi connectivity index (χ4n) is 1.26. The van der Waals surface area contributed by atoms with E-state index in [1.165, 1.54) is 26.2 Å². The molecule has 0 aliphatic carbocycles. The molecule has 0 radical (unpaired) electrons. The van der Waals surface area contributed by atoms with Crippen LogP contribution in [0.25, 0.3) is 6.08 Å². The van der Waals surface area contributed by atoms with Crippen molar-refractivity contribution in [1.82, 2.24) is 0 Å². The topological polar surface area (TPSA) is 26.3 Å². The summed E-state index contributed by atoms with van der Waals surface area (Å²) in [7, 11) is 1.29. The van der Waals surface area contributed by atoms with Crippen LogP contribution in [0.1, 0.15) is 18.1 Å². The average Bonchev–Trinajstić information content (AvgIpc) is 2.24. The first-order chi connectivity index (χ1) is 7.84. The average molecular weight is 244 g/mol. The normalized spacial score (nSPS) is 11.8. The number of hydrogen-bond acceptors (Lipinski definition) is 2. The van der Waals surface area contributed by atoms with E-state index in [2.05, 4.69) is 0 Å². The Balaban J connectivity index is 3.25. The Morgan fingerprint density at radius 2 is 2.00 bits per heavy atom. The van der Waals surface area contributed by atoms with Gasteiger partial charge in [-0.05, 0) is 30.7 Å². The van der Waals surface area contributed by atoms with Gasteiger partial charge in [0, 0.05) is 0 Å². The highest BCUT2D eigenvalue weighted by atomic mass is 19.4. The monoisotopic (exact) mass is 244 g/mol. The maximum Gasteiger partial charge on any atom is 0.417 e. The summed E-state index contributed by atoms with van der Waals surface area (Å²) in [6, 6.07) is 3.58. The van der Waals surface area contributed by atoms with Gasteiger partial charge in [-0.15, -0.1) is 0 Å². The summed E-state index contributed by atoms with van der Waals surface area (Å²) in [5.74, 6) is -0.189. The van der Waals surface area contributed by atoms with Gasteiger partial charge in [0.2, 0.25) is 0 Å². The second-order valence-electron chi connectivity index (χ2n) is 3.39. The van der Waals surface area contributed by atoms with Gasteiger partial charge < -0.3 is 4.74 Å². The number of carbonyl (C=O) groups excluding carboxylic acids is 1. The van der Waals surface area contributed by atoms with Crippen LogP contribution in [0.4, 0.5) is 13.2 Å². The van der Waals surface area contributed by atoms with Crippen LogP contribution in [0.2, 0.25) is 0 Å². The Morgan fingerprint density at radius 3 is 2.47 bits per heavy atom. The second-order valence-corrected chi connectivity index (χ2v) is 3.39. The SMILES string of the molecule is COc1ccc(/C=C/C(C)=O)c(C(F)(F)F)c1. The zero-order valence-electron chi connectivity index (χ0n) is 9.34. The first kappa shape index (κ1) is 13.3. The third-order valence-electron chi connectivity index (χ3n) is 2.06. The Labute approximate surface area is 96.7 Å².